The lowest BCUT2D eigenvalue weighted by molar-refractivity contribution is -0.910. The van der Waals surface area contributed by atoms with Gasteiger partial charge in [0.15, 0.2) is 18.0 Å². The third-order valence-electron chi connectivity index (χ3n) is 6.41. The summed E-state index contributed by atoms with van der Waals surface area (Å²) in [5.41, 5.74) is 2.58. The van der Waals surface area contributed by atoms with Gasteiger partial charge < -0.3 is 19.7 Å². The number of likely N-dealkylation sites (tertiary alicyclic amines) is 1. The Morgan fingerprint density at radius 2 is 1.94 bits per heavy atom. The molecular weight excluding hydrogens is 394 g/mol. The highest BCUT2D eigenvalue weighted by molar-refractivity contribution is 5.94. The monoisotopic (exact) mass is 428 g/mol. The summed E-state index contributed by atoms with van der Waals surface area (Å²) in [5, 5.41) is 5.32. The molecule has 168 valence electrons. The summed E-state index contributed by atoms with van der Waals surface area (Å²) in [6.45, 7) is 3.11. The quantitative estimate of drug-likeness (QED) is 0.608. The largest absolute Gasteiger partial charge is 0.490 e. The summed E-state index contributed by atoms with van der Waals surface area (Å²) in [7, 11) is 0. The number of hydrogen-bond donors (Lipinski definition) is 3. The van der Waals surface area contributed by atoms with E-state index in [4.69, 9.17) is 9.47 Å². The van der Waals surface area contributed by atoms with Crippen LogP contribution in [-0.4, -0.2) is 44.8 Å². The van der Waals surface area contributed by atoms with Gasteiger partial charge in [-0.05, 0) is 50.3 Å². The molecule has 3 aliphatic rings. The second-order valence-corrected chi connectivity index (χ2v) is 8.70. The summed E-state index contributed by atoms with van der Waals surface area (Å²) in [4.78, 5) is 25.8. The number of ether oxygens (including phenoxy) is 2. The number of benzene rings is 1. The van der Waals surface area contributed by atoms with E-state index in [1.165, 1.54) is 23.3 Å². The summed E-state index contributed by atoms with van der Waals surface area (Å²) in [5.74, 6) is 1.35. The first-order chi connectivity index (χ1) is 15.2. The van der Waals surface area contributed by atoms with E-state index in [1.54, 1.807) is 0 Å². The average molecular weight is 429 g/mol. The lowest BCUT2D eigenvalue weighted by Gasteiger charge is -2.22. The number of amides is 3. The summed E-state index contributed by atoms with van der Waals surface area (Å²) >= 11 is 0. The highest BCUT2D eigenvalue weighted by Crippen LogP contribution is 2.33. The van der Waals surface area contributed by atoms with Crippen LogP contribution in [0.3, 0.4) is 0 Å². The molecule has 1 aliphatic carbocycles. The summed E-state index contributed by atoms with van der Waals surface area (Å²) in [6, 6.07) is 5.94. The number of hydrogen-bond acceptors (Lipinski definition) is 4. The van der Waals surface area contributed by atoms with Crippen molar-refractivity contribution in [2.24, 2.45) is 0 Å². The van der Waals surface area contributed by atoms with Gasteiger partial charge in [0.05, 0.1) is 19.8 Å². The Labute approximate surface area is 184 Å². The minimum Gasteiger partial charge on any atom is -0.490 e. The number of imide groups is 1. The molecule has 4 rings (SSSR count). The van der Waals surface area contributed by atoms with Crippen LogP contribution in [0.25, 0.3) is 0 Å². The molecule has 0 radical (unpaired) electrons. The van der Waals surface area contributed by atoms with E-state index in [0.29, 0.717) is 19.8 Å². The van der Waals surface area contributed by atoms with Crippen LogP contribution >= 0.6 is 0 Å². The molecule has 1 saturated heterocycles. The fourth-order valence-corrected chi connectivity index (χ4v) is 4.81. The Hall–Kier alpha value is -2.54. The zero-order valence-corrected chi connectivity index (χ0v) is 18.2. The van der Waals surface area contributed by atoms with Crippen LogP contribution in [0.2, 0.25) is 0 Å². The van der Waals surface area contributed by atoms with Crippen molar-refractivity contribution in [2.75, 3.05) is 32.8 Å². The van der Waals surface area contributed by atoms with Gasteiger partial charge in [-0.1, -0.05) is 11.6 Å². The molecular formula is C24H34N3O4+. The minimum atomic E-state index is -0.396. The van der Waals surface area contributed by atoms with Crippen LogP contribution < -0.4 is 25.0 Å². The van der Waals surface area contributed by atoms with Crippen molar-refractivity contribution in [3.63, 3.8) is 0 Å². The van der Waals surface area contributed by atoms with Gasteiger partial charge in [0, 0.05) is 31.4 Å². The van der Waals surface area contributed by atoms with Crippen molar-refractivity contribution in [1.82, 2.24) is 10.6 Å². The van der Waals surface area contributed by atoms with Crippen molar-refractivity contribution < 1.29 is 24.0 Å². The molecule has 0 saturated carbocycles. The van der Waals surface area contributed by atoms with Gasteiger partial charge in [-0.3, -0.25) is 10.1 Å². The Morgan fingerprint density at radius 3 is 2.77 bits per heavy atom. The maximum atomic E-state index is 12.5. The van der Waals surface area contributed by atoms with Gasteiger partial charge in [0.1, 0.15) is 6.04 Å². The van der Waals surface area contributed by atoms with Crippen LogP contribution in [0.1, 0.15) is 63.0 Å². The lowest BCUT2D eigenvalue weighted by Crippen LogP contribution is -3.11. The normalized spacial score (nSPS) is 22.9. The van der Waals surface area contributed by atoms with Crippen molar-refractivity contribution in [1.29, 1.82) is 0 Å². The van der Waals surface area contributed by atoms with Gasteiger partial charge in [-0.15, -0.1) is 0 Å². The number of fused-ring (bicyclic) bond motifs is 1. The van der Waals surface area contributed by atoms with Crippen LogP contribution in [0.4, 0.5) is 4.79 Å². The second kappa shape index (κ2) is 10.7. The van der Waals surface area contributed by atoms with Crippen LogP contribution in [0.15, 0.2) is 29.8 Å². The van der Waals surface area contributed by atoms with Crippen LogP contribution in [0, 0.1) is 0 Å². The van der Waals surface area contributed by atoms with E-state index in [1.807, 2.05) is 6.07 Å². The van der Waals surface area contributed by atoms with Gasteiger partial charge in [-0.25, -0.2) is 4.79 Å². The van der Waals surface area contributed by atoms with Gasteiger partial charge in [0.2, 0.25) is 0 Å². The predicted octanol–water partition coefficient (Wildman–Crippen LogP) is 2.28. The van der Waals surface area contributed by atoms with Crippen molar-refractivity contribution in [3.05, 3.63) is 35.4 Å². The first-order valence-corrected chi connectivity index (χ1v) is 11.7. The molecule has 1 fully saturated rings. The zero-order chi connectivity index (χ0) is 21.5. The number of rotatable bonds is 6. The molecule has 0 bridgehead atoms. The maximum Gasteiger partial charge on any atom is 0.321 e. The molecule has 7 heteroatoms. The summed E-state index contributed by atoms with van der Waals surface area (Å²) in [6.07, 6.45) is 10.9. The molecule has 1 aromatic carbocycles. The number of allylic oxidation sites excluding steroid dienone is 1. The Morgan fingerprint density at radius 1 is 1.06 bits per heavy atom. The topological polar surface area (TPSA) is 81.1 Å². The molecule has 1 aromatic rings. The molecule has 0 spiro atoms. The van der Waals surface area contributed by atoms with E-state index in [-0.39, 0.29) is 18.5 Å². The standard InChI is InChI=1S/C24H33N3O4/c28-23(26-24(29)25-12-11-18-6-2-1-3-7-18)17-27-13-4-8-20(27)19-9-10-21-22(16-19)31-15-5-14-30-21/h6,9-10,16,20H,1-5,7-8,11-15,17H2,(H2,25,26,28,29)/p+1/t20-/m1/s1. The number of nitrogens with one attached hydrogen (secondary N) is 3. The van der Waals surface area contributed by atoms with E-state index in [9.17, 15) is 9.59 Å². The Bertz CT molecular complexity index is 823. The Balaban J connectivity index is 1.26. The molecule has 2 aliphatic heterocycles. The minimum absolute atomic E-state index is 0.226. The van der Waals surface area contributed by atoms with Crippen LogP contribution in [0.5, 0.6) is 11.5 Å². The maximum absolute atomic E-state index is 12.5. The van der Waals surface area contributed by atoms with Gasteiger partial charge in [-0.2, -0.15) is 0 Å². The molecule has 2 heterocycles. The number of carbonyl (C=O) groups is 2. The van der Waals surface area contributed by atoms with Gasteiger partial charge in [0.25, 0.3) is 5.91 Å². The summed E-state index contributed by atoms with van der Waals surface area (Å²) < 4.78 is 11.6. The molecule has 2 atom stereocenters. The number of carbonyl (C=O) groups excluding carboxylic acids is 2. The van der Waals surface area contributed by atoms with E-state index in [2.05, 4.69) is 28.8 Å². The number of quaternary nitrogens is 1. The molecule has 31 heavy (non-hydrogen) atoms. The number of urea groups is 1. The fourth-order valence-electron chi connectivity index (χ4n) is 4.81. The van der Waals surface area contributed by atoms with E-state index >= 15 is 0 Å². The highest BCUT2D eigenvalue weighted by atomic mass is 16.5. The first-order valence-electron chi connectivity index (χ1n) is 11.7. The van der Waals surface area contributed by atoms with Crippen molar-refractivity contribution in [3.8, 4) is 11.5 Å². The zero-order valence-electron chi connectivity index (χ0n) is 18.2. The third kappa shape index (κ3) is 6.00. The second-order valence-electron chi connectivity index (χ2n) is 8.70. The lowest BCUT2D eigenvalue weighted by atomic mass is 9.97. The average Bonchev–Trinajstić information content (AvgIpc) is 3.09. The van der Waals surface area contributed by atoms with Crippen LogP contribution in [-0.2, 0) is 4.79 Å². The first kappa shape index (κ1) is 21.7. The fraction of sp³-hybridized carbons (Fsp3) is 0.583. The molecule has 3 N–H and O–H groups in total. The molecule has 1 unspecified atom stereocenters. The van der Waals surface area contributed by atoms with E-state index < -0.39 is 6.03 Å². The van der Waals surface area contributed by atoms with Crippen molar-refractivity contribution in [2.45, 2.75) is 57.4 Å². The SMILES string of the molecule is O=C(C[NH+]1CCC[C@@H]1c1ccc2c(c1)OCCCO2)NC(=O)NCCC1=CCCCC1. The van der Waals surface area contributed by atoms with Crippen molar-refractivity contribution >= 4 is 11.9 Å². The highest BCUT2D eigenvalue weighted by Gasteiger charge is 2.32. The Kier molecular flexibility index (Phi) is 7.46. The predicted molar refractivity (Wildman–Crippen MR) is 117 cm³/mol. The molecule has 0 aromatic heterocycles. The third-order valence-corrected chi connectivity index (χ3v) is 6.41. The molecule has 7 nitrogen and oxygen atoms in total. The van der Waals surface area contributed by atoms with Gasteiger partial charge >= 0.3 is 6.03 Å². The smallest absolute Gasteiger partial charge is 0.321 e. The molecule has 3 amide bonds. The van der Waals surface area contributed by atoms with E-state index in [0.717, 1.165) is 62.1 Å².